The van der Waals surface area contributed by atoms with Gasteiger partial charge in [0, 0.05) is 0 Å². The molecule has 0 aromatic rings. The third-order valence-corrected chi connectivity index (χ3v) is 2.86. The highest BCUT2D eigenvalue weighted by atomic mass is 16.5. The van der Waals surface area contributed by atoms with Gasteiger partial charge >= 0.3 is 11.9 Å². The second-order valence-electron chi connectivity index (χ2n) is 4.54. The van der Waals surface area contributed by atoms with Crippen molar-refractivity contribution in [1.82, 2.24) is 5.32 Å². The Morgan fingerprint density at radius 3 is 2.24 bits per heavy atom. The molecule has 3 unspecified atom stereocenters. The van der Waals surface area contributed by atoms with E-state index in [1.54, 1.807) is 13.8 Å². The lowest BCUT2D eigenvalue weighted by molar-refractivity contribution is -0.146. The number of carbonyl (C=O) groups is 3. The van der Waals surface area contributed by atoms with E-state index in [-0.39, 0.29) is 11.8 Å². The zero-order valence-electron chi connectivity index (χ0n) is 10.1. The third-order valence-electron chi connectivity index (χ3n) is 2.86. The summed E-state index contributed by atoms with van der Waals surface area (Å²) < 4.78 is 4.58. The van der Waals surface area contributed by atoms with E-state index in [0.717, 1.165) is 0 Å². The molecule has 1 aliphatic carbocycles. The molecule has 0 spiro atoms. The van der Waals surface area contributed by atoms with Gasteiger partial charge in [0.05, 0.1) is 18.9 Å². The van der Waals surface area contributed by atoms with Gasteiger partial charge in [0.25, 0.3) is 0 Å². The quantitative estimate of drug-likeness (QED) is 0.664. The Bertz CT molecular complexity index is 339. The average molecular weight is 243 g/mol. The number of hydrogen-bond acceptors (Lipinski definition) is 4. The molecule has 0 saturated heterocycles. The molecule has 0 heterocycles. The van der Waals surface area contributed by atoms with Crippen molar-refractivity contribution in [2.24, 2.45) is 17.8 Å². The first-order chi connectivity index (χ1) is 7.88. The minimum Gasteiger partial charge on any atom is -0.481 e. The summed E-state index contributed by atoms with van der Waals surface area (Å²) in [5.74, 6) is -3.10. The fraction of sp³-hybridized carbons (Fsp3) is 0.727. The first-order valence-corrected chi connectivity index (χ1v) is 5.49. The molecule has 0 aromatic heterocycles. The number of rotatable bonds is 5. The van der Waals surface area contributed by atoms with Crippen LogP contribution in [0.2, 0.25) is 0 Å². The van der Waals surface area contributed by atoms with Crippen LogP contribution in [0.3, 0.4) is 0 Å². The van der Waals surface area contributed by atoms with E-state index in [4.69, 9.17) is 5.11 Å². The Morgan fingerprint density at radius 1 is 1.29 bits per heavy atom. The monoisotopic (exact) mass is 243 g/mol. The summed E-state index contributed by atoms with van der Waals surface area (Å²) in [6, 6.07) is -0.720. The van der Waals surface area contributed by atoms with Crippen LogP contribution in [0.5, 0.6) is 0 Å². The van der Waals surface area contributed by atoms with Gasteiger partial charge in [0.1, 0.15) is 6.04 Å². The normalized spacial score (nSPS) is 24.0. The molecule has 0 aromatic carbocycles. The molecular formula is C11H17NO5. The van der Waals surface area contributed by atoms with Crippen LogP contribution in [0.1, 0.15) is 20.3 Å². The molecule has 17 heavy (non-hydrogen) atoms. The molecule has 0 aliphatic heterocycles. The Hall–Kier alpha value is -1.59. The number of amides is 1. The van der Waals surface area contributed by atoms with Crippen molar-refractivity contribution in [1.29, 1.82) is 0 Å². The molecule has 0 bridgehead atoms. The molecule has 6 nitrogen and oxygen atoms in total. The molecule has 96 valence electrons. The highest BCUT2D eigenvalue weighted by molar-refractivity contribution is 5.92. The number of methoxy groups -OCH3 is 1. The first-order valence-electron chi connectivity index (χ1n) is 5.49. The standard InChI is InChI=1S/C11H17NO5/c1-5(2)8(11(16)17-3)12-9(13)6-4-7(6)10(14)15/h5-8H,4H2,1-3H3,(H,12,13)(H,14,15). The lowest BCUT2D eigenvalue weighted by Gasteiger charge is -2.19. The van der Waals surface area contributed by atoms with Crippen LogP contribution in [0, 0.1) is 17.8 Å². The van der Waals surface area contributed by atoms with Crippen LogP contribution in [0.15, 0.2) is 0 Å². The van der Waals surface area contributed by atoms with E-state index >= 15 is 0 Å². The lowest BCUT2D eigenvalue weighted by atomic mass is 10.0. The summed E-state index contributed by atoms with van der Waals surface area (Å²) in [7, 11) is 1.25. The van der Waals surface area contributed by atoms with Gasteiger partial charge in [-0.25, -0.2) is 4.79 Å². The minimum absolute atomic E-state index is 0.103. The van der Waals surface area contributed by atoms with Crippen molar-refractivity contribution in [3.8, 4) is 0 Å². The molecule has 1 saturated carbocycles. The van der Waals surface area contributed by atoms with Gasteiger partial charge in [0.15, 0.2) is 0 Å². The summed E-state index contributed by atoms with van der Waals surface area (Å²) in [6.45, 7) is 3.56. The second kappa shape index (κ2) is 5.16. The zero-order chi connectivity index (χ0) is 13.2. The van der Waals surface area contributed by atoms with Crippen LogP contribution >= 0.6 is 0 Å². The molecule has 1 rings (SSSR count). The summed E-state index contributed by atoms with van der Waals surface area (Å²) in [5.41, 5.74) is 0. The van der Waals surface area contributed by atoms with Crippen molar-refractivity contribution >= 4 is 17.8 Å². The van der Waals surface area contributed by atoms with Crippen molar-refractivity contribution in [2.45, 2.75) is 26.3 Å². The van der Waals surface area contributed by atoms with E-state index < -0.39 is 29.8 Å². The summed E-state index contributed by atoms with van der Waals surface area (Å²) in [6.07, 6.45) is 0.340. The van der Waals surface area contributed by atoms with E-state index in [0.29, 0.717) is 6.42 Å². The van der Waals surface area contributed by atoms with Crippen LogP contribution in [0.25, 0.3) is 0 Å². The maximum atomic E-state index is 11.7. The number of carbonyl (C=O) groups excluding carboxylic acids is 2. The Balaban J connectivity index is 2.55. The Labute approximate surface area is 99.3 Å². The molecule has 1 aliphatic rings. The minimum atomic E-state index is -0.968. The highest BCUT2D eigenvalue weighted by Gasteiger charge is 2.49. The van der Waals surface area contributed by atoms with E-state index in [2.05, 4.69) is 10.1 Å². The maximum Gasteiger partial charge on any atom is 0.328 e. The fourth-order valence-electron chi connectivity index (χ4n) is 1.64. The molecule has 2 N–H and O–H groups in total. The molecule has 6 heteroatoms. The predicted molar refractivity (Wildman–Crippen MR) is 58.0 cm³/mol. The fourth-order valence-corrected chi connectivity index (χ4v) is 1.64. The largest absolute Gasteiger partial charge is 0.481 e. The first kappa shape index (κ1) is 13.5. The SMILES string of the molecule is COC(=O)C(NC(=O)C1CC1C(=O)O)C(C)C. The van der Waals surface area contributed by atoms with Crippen LogP contribution in [-0.2, 0) is 19.1 Å². The molecule has 1 amide bonds. The summed E-state index contributed by atoms with van der Waals surface area (Å²) >= 11 is 0. The van der Waals surface area contributed by atoms with Crippen molar-refractivity contribution in [3.63, 3.8) is 0 Å². The Kier molecular flexibility index (Phi) is 4.09. The van der Waals surface area contributed by atoms with Crippen molar-refractivity contribution in [2.75, 3.05) is 7.11 Å². The molecular weight excluding hydrogens is 226 g/mol. The Morgan fingerprint density at radius 2 is 1.88 bits per heavy atom. The van der Waals surface area contributed by atoms with Gasteiger partial charge in [-0.3, -0.25) is 9.59 Å². The number of aliphatic carboxylic acids is 1. The third kappa shape index (κ3) is 3.18. The number of carboxylic acids is 1. The van der Waals surface area contributed by atoms with Crippen molar-refractivity contribution in [3.05, 3.63) is 0 Å². The molecule has 1 fully saturated rings. The maximum absolute atomic E-state index is 11.7. The van der Waals surface area contributed by atoms with Crippen LogP contribution in [-0.4, -0.2) is 36.1 Å². The summed E-state index contributed by atoms with van der Waals surface area (Å²) in [4.78, 5) is 33.7. The van der Waals surface area contributed by atoms with Gasteiger partial charge in [-0.15, -0.1) is 0 Å². The van der Waals surface area contributed by atoms with Gasteiger partial charge in [-0.1, -0.05) is 13.8 Å². The van der Waals surface area contributed by atoms with Crippen LogP contribution in [0.4, 0.5) is 0 Å². The number of esters is 1. The van der Waals surface area contributed by atoms with Gasteiger partial charge in [-0.2, -0.15) is 0 Å². The number of carboxylic acid groups (broad SMARTS) is 1. The molecule has 3 atom stereocenters. The number of hydrogen-bond donors (Lipinski definition) is 2. The van der Waals surface area contributed by atoms with E-state index in [9.17, 15) is 14.4 Å². The summed E-state index contributed by atoms with van der Waals surface area (Å²) in [5, 5.41) is 11.2. The zero-order valence-corrected chi connectivity index (χ0v) is 10.1. The van der Waals surface area contributed by atoms with Gasteiger partial charge < -0.3 is 15.2 Å². The lowest BCUT2D eigenvalue weighted by Crippen LogP contribution is -2.45. The number of nitrogens with one attached hydrogen (secondary N) is 1. The highest BCUT2D eigenvalue weighted by Crippen LogP contribution is 2.38. The smallest absolute Gasteiger partial charge is 0.328 e. The predicted octanol–water partition coefficient (Wildman–Crippen LogP) is 0.0209. The van der Waals surface area contributed by atoms with Gasteiger partial charge in [0.2, 0.25) is 5.91 Å². The van der Waals surface area contributed by atoms with Crippen LogP contribution < -0.4 is 5.32 Å². The van der Waals surface area contributed by atoms with Crippen molar-refractivity contribution < 1.29 is 24.2 Å². The average Bonchev–Trinajstić information content (AvgIpc) is 3.03. The van der Waals surface area contributed by atoms with Gasteiger partial charge in [-0.05, 0) is 12.3 Å². The topological polar surface area (TPSA) is 92.7 Å². The molecule has 0 radical (unpaired) electrons. The van der Waals surface area contributed by atoms with E-state index in [1.807, 2.05) is 0 Å². The second-order valence-corrected chi connectivity index (χ2v) is 4.54. The number of ether oxygens (including phenoxy) is 1. The van der Waals surface area contributed by atoms with E-state index in [1.165, 1.54) is 7.11 Å².